The summed E-state index contributed by atoms with van der Waals surface area (Å²) in [5, 5.41) is 1.04. The monoisotopic (exact) mass is 377 g/mol. The summed E-state index contributed by atoms with van der Waals surface area (Å²) in [5.74, 6) is 0.873. The number of piperazine rings is 1. The molecule has 2 aromatic carbocycles. The fraction of sp³-hybridized carbons (Fsp3) is 0.348. The summed E-state index contributed by atoms with van der Waals surface area (Å²) in [6, 6.07) is 14.6. The maximum atomic E-state index is 13.3. The molecule has 146 valence electrons. The molecule has 28 heavy (non-hydrogen) atoms. The Hall–Kier alpha value is -2.95. The lowest BCUT2D eigenvalue weighted by molar-refractivity contribution is 0.0668. The van der Waals surface area contributed by atoms with E-state index in [1.54, 1.807) is 7.11 Å². The zero-order valence-corrected chi connectivity index (χ0v) is 17.0. The van der Waals surface area contributed by atoms with Crippen LogP contribution < -0.4 is 9.64 Å². The average molecular weight is 377 g/mol. The van der Waals surface area contributed by atoms with E-state index in [9.17, 15) is 4.79 Å². The lowest BCUT2D eigenvalue weighted by Gasteiger charge is -2.41. The second kappa shape index (κ2) is 7.23. The van der Waals surface area contributed by atoms with Crippen LogP contribution >= 0.6 is 0 Å². The molecule has 1 aliphatic heterocycles. The summed E-state index contributed by atoms with van der Waals surface area (Å²) >= 11 is 0. The number of benzene rings is 2. The van der Waals surface area contributed by atoms with Gasteiger partial charge in [-0.15, -0.1) is 0 Å². The van der Waals surface area contributed by atoms with E-state index >= 15 is 0 Å². The van der Waals surface area contributed by atoms with Gasteiger partial charge in [-0.3, -0.25) is 4.79 Å². The molecule has 1 aromatic heterocycles. The topological polar surface area (TPSA) is 48.6 Å². The Bertz CT molecular complexity index is 1010. The maximum Gasteiger partial charge on any atom is 0.270 e. The Morgan fingerprint density at radius 1 is 1.11 bits per heavy atom. The molecule has 0 bridgehead atoms. The van der Waals surface area contributed by atoms with E-state index in [2.05, 4.69) is 48.0 Å². The highest BCUT2D eigenvalue weighted by Gasteiger charge is 2.30. The van der Waals surface area contributed by atoms with Crippen LogP contribution in [0.15, 0.2) is 42.5 Å². The molecule has 0 aliphatic carbocycles. The number of fused-ring (bicyclic) bond motifs is 1. The van der Waals surface area contributed by atoms with Crippen molar-refractivity contribution < 1.29 is 9.53 Å². The van der Waals surface area contributed by atoms with Crippen LogP contribution in [-0.4, -0.2) is 48.6 Å². The molecular formula is C23H27N3O2. The number of hydrogen-bond donors (Lipinski definition) is 1. The number of nitrogens with zero attached hydrogens (tertiary/aromatic N) is 2. The van der Waals surface area contributed by atoms with Crippen LogP contribution in [0.1, 0.15) is 28.5 Å². The van der Waals surface area contributed by atoms with Crippen molar-refractivity contribution in [3.63, 3.8) is 0 Å². The van der Waals surface area contributed by atoms with E-state index in [1.807, 2.05) is 30.0 Å². The lowest BCUT2D eigenvalue weighted by Crippen LogP contribution is -2.54. The lowest BCUT2D eigenvalue weighted by atomic mass is 10.1. The first-order valence-corrected chi connectivity index (χ1v) is 9.77. The van der Waals surface area contributed by atoms with Crippen LogP contribution in [-0.2, 0) is 0 Å². The summed E-state index contributed by atoms with van der Waals surface area (Å²) in [5.41, 5.74) is 5.11. The highest BCUT2D eigenvalue weighted by molar-refractivity contribution is 6.01. The summed E-state index contributed by atoms with van der Waals surface area (Å²) in [4.78, 5) is 21.0. The largest absolute Gasteiger partial charge is 0.497 e. The standard InChI is InChI=1S/C23H27N3O2/c1-15-5-7-18(8-6-15)25-11-12-26(16(2)14-25)23(27)22-17(3)20-13-19(28-4)9-10-21(20)24-22/h5-10,13,16,24H,11-12,14H2,1-4H3. The molecule has 1 amide bonds. The number of aromatic amines is 1. The number of H-pyrrole nitrogens is 1. The van der Waals surface area contributed by atoms with Gasteiger partial charge in [0.05, 0.1) is 7.11 Å². The van der Waals surface area contributed by atoms with Gasteiger partial charge in [-0.25, -0.2) is 0 Å². The van der Waals surface area contributed by atoms with Gasteiger partial charge in [0.25, 0.3) is 5.91 Å². The quantitative estimate of drug-likeness (QED) is 0.746. The molecule has 0 spiro atoms. The first kappa shape index (κ1) is 18.4. The SMILES string of the molecule is COc1ccc2[nH]c(C(=O)N3CCN(c4ccc(C)cc4)CC3C)c(C)c2c1. The first-order valence-electron chi connectivity index (χ1n) is 9.77. The number of ether oxygens (including phenoxy) is 1. The van der Waals surface area contributed by atoms with Gasteiger partial charge in [-0.05, 0) is 56.7 Å². The first-order chi connectivity index (χ1) is 13.5. The van der Waals surface area contributed by atoms with E-state index in [4.69, 9.17) is 4.74 Å². The van der Waals surface area contributed by atoms with Crippen LogP contribution in [0, 0.1) is 13.8 Å². The van der Waals surface area contributed by atoms with Gasteiger partial charge in [0.15, 0.2) is 0 Å². The zero-order valence-electron chi connectivity index (χ0n) is 17.0. The molecule has 3 aromatic rings. The van der Waals surface area contributed by atoms with E-state index in [0.29, 0.717) is 12.2 Å². The highest BCUT2D eigenvalue weighted by Crippen LogP contribution is 2.28. The molecule has 5 nitrogen and oxygen atoms in total. The third-order valence-electron chi connectivity index (χ3n) is 5.77. The van der Waals surface area contributed by atoms with E-state index in [1.165, 1.54) is 11.3 Å². The van der Waals surface area contributed by atoms with Gasteiger partial charge in [0.2, 0.25) is 0 Å². The molecule has 1 saturated heterocycles. The number of aromatic nitrogens is 1. The van der Waals surface area contributed by atoms with Crippen molar-refractivity contribution in [3.05, 3.63) is 59.3 Å². The van der Waals surface area contributed by atoms with Gasteiger partial charge in [0, 0.05) is 42.3 Å². The summed E-state index contributed by atoms with van der Waals surface area (Å²) in [7, 11) is 1.66. The van der Waals surface area contributed by atoms with E-state index < -0.39 is 0 Å². The predicted octanol–water partition coefficient (Wildman–Crippen LogP) is 4.14. The van der Waals surface area contributed by atoms with Crippen molar-refractivity contribution in [1.82, 2.24) is 9.88 Å². The van der Waals surface area contributed by atoms with Crippen molar-refractivity contribution >= 4 is 22.5 Å². The molecule has 1 aliphatic rings. The third-order valence-corrected chi connectivity index (χ3v) is 5.77. The van der Waals surface area contributed by atoms with Gasteiger partial charge in [-0.2, -0.15) is 0 Å². The summed E-state index contributed by atoms with van der Waals surface area (Å²) < 4.78 is 5.33. The van der Waals surface area contributed by atoms with Crippen LogP contribution in [0.2, 0.25) is 0 Å². The zero-order chi connectivity index (χ0) is 19.8. The highest BCUT2D eigenvalue weighted by atomic mass is 16.5. The van der Waals surface area contributed by atoms with Gasteiger partial charge in [-0.1, -0.05) is 17.7 Å². The van der Waals surface area contributed by atoms with Crippen molar-refractivity contribution in [2.75, 3.05) is 31.6 Å². The Labute approximate surface area is 165 Å². The van der Waals surface area contributed by atoms with Gasteiger partial charge < -0.3 is 19.5 Å². The van der Waals surface area contributed by atoms with Crippen LogP contribution in [0.25, 0.3) is 10.9 Å². The number of amides is 1. The fourth-order valence-electron chi connectivity index (χ4n) is 4.04. The van der Waals surface area contributed by atoms with Crippen molar-refractivity contribution in [2.24, 2.45) is 0 Å². The van der Waals surface area contributed by atoms with Crippen LogP contribution in [0.3, 0.4) is 0 Å². The molecule has 2 heterocycles. The van der Waals surface area contributed by atoms with Gasteiger partial charge >= 0.3 is 0 Å². The molecule has 1 N–H and O–H groups in total. The number of nitrogens with one attached hydrogen (secondary N) is 1. The normalized spacial score (nSPS) is 17.2. The van der Waals surface area contributed by atoms with Crippen molar-refractivity contribution in [3.8, 4) is 5.75 Å². The summed E-state index contributed by atoms with van der Waals surface area (Å²) in [6.07, 6.45) is 0. The van der Waals surface area contributed by atoms with E-state index in [0.717, 1.165) is 35.3 Å². The Morgan fingerprint density at radius 2 is 1.86 bits per heavy atom. The second-order valence-electron chi connectivity index (χ2n) is 7.67. The number of hydrogen-bond acceptors (Lipinski definition) is 3. The molecule has 5 heteroatoms. The number of carbonyl (C=O) groups is 1. The Kier molecular flexibility index (Phi) is 4.75. The second-order valence-corrected chi connectivity index (χ2v) is 7.67. The average Bonchev–Trinajstić information content (AvgIpc) is 3.04. The maximum absolute atomic E-state index is 13.3. The smallest absolute Gasteiger partial charge is 0.270 e. The molecular weight excluding hydrogens is 350 g/mol. The minimum Gasteiger partial charge on any atom is -0.497 e. The molecule has 1 unspecified atom stereocenters. The van der Waals surface area contributed by atoms with Gasteiger partial charge in [0.1, 0.15) is 11.4 Å². The fourth-order valence-corrected chi connectivity index (χ4v) is 4.04. The molecule has 1 fully saturated rings. The number of anilines is 1. The van der Waals surface area contributed by atoms with Crippen LogP contribution in [0.5, 0.6) is 5.75 Å². The number of carbonyl (C=O) groups excluding carboxylic acids is 1. The Balaban J connectivity index is 1.55. The van der Waals surface area contributed by atoms with Crippen LogP contribution in [0.4, 0.5) is 5.69 Å². The molecule has 4 rings (SSSR count). The third kappa shape index (κ3) is 3.21. The van der Waals surface area contributed by atoms with Crippen molar-refractivity contribution in [2.45, 2.75) is 26.8 Å². The number of methoxy groups -OCH3 is 1. The number of rotatable bonds is 3. The van der Waals surface area contributed by atoms with E-state index in [-0.39, 0.29) is 11.9 Å². The summed E-state index contributed by atoms with van der Waals surface area (Å²) in [6.45, 7) is 8.61. The molecule has 0 radical (unpaired) electrons. The molecule has 1 atom stereocenters. The molecule has 0 saturated carbocycles. The Morgan fingerprint density at radius 3 is 2.54 bits per heavy atom. The van der Waals surface area contributed by atoms with Crippen molar-refractivity contribution in [1.29, 1.82) is 0 Å². The number of aryl methyl sites for hydroxylation is 2. The minimum atomic E-state index is 0.0729. The predicted molar refractivity (Wildman–Crippen MR) is 113 cm³/mol. The minimum absolute atomic E-state index is 0.0729.